The maximum absolute atomic E-state index is 12.1. The number of carbonyl (C=O) groups is 2. The highest BCUT2D eigenvalue weighted by molar-refractivity contribution is 6.42. The number of anilines is 1. The lowest BCUT2D eigenvalue weighted by atomic mass is 10.1. The Labute approximate surface area is 150 Å². The molecule has 0 spiro atoms. The van der Waals surface area contributed by atoms with E-state index in [1.54, 1.807) is 0 Å². The summed E-state index contributed by atoms with van der Waals surface area (Å²) >= 11 is 11.7. The maximum Gasteiger partial charge on any atom is 0.338 e. The van der Waals surface area contributed by atoms with Gasteiger partial charge in [0.25, 0.3) is 5.91 Å². The van der Waals surface area contributed by atoms with Gasteiger partial charge in [0.05, 0.1) is 15.6 Å². The average molecular weight is 366 g/mol. The van der Waals surface area contributed by atoms with Gasteiger partial charge in [0.2, 0.25) is 0 Å². The number of aryl methyl sites for hydroxylation is 1. The van der Waals surface area contributed by atoms with Gasteiger partial charge in [0.15, 0.2) is 6.10 Å². The van der Waals surface area contributed by atoms with Crippen molar-refractivity contribution in [3.63, 3.8) is 0 Å². The third-order valence-electron chi connectivity index (χ3n) is 3.44. The van der Waals surface area contributed by atoms with E-state index >= 15 is 0 Å². The minimum Gasteiger partial charge on any atom is -0.449 e. The summed E-state index contributed by atoms with van der Waals surface area (Å²) in [6, 6.07) is 11.9. The highest BCUT2D eigenvalue weighted by Crippen LogP contribution is 2.23. The number of halogens is 2. The molecule has 4 nitrogen and oxygen atoms in total. The predicted octanol–water partition coefficient (Wildman–Crippen LogP) is 4.74. The molecule has 0 saturated carbocycles. The molecule has 0 bridgehead atoms. The van der Waals surface area contributed by atoms with Gasteiger partial charge in [-0.05, 0) is 49.2 Å². The van der Waals surface area contributed by atoms with E-state index in [2.05, 4.69) is 12.2 Å². The van der Waals surface area contributed by atoms with Gasteiger partial charge < -0.3 is 10.1 Å². The number of carbonyl (C=O) groups excluding carboxylic acids is 2. The van der Waals surface area contributed by atoms with Crippen molar-refractivity contribution in [2.45, 2.75) is 26.4 Å². The van der Waals surface area contributed by atoms with Crippen LogP contribution in [-0.4, -0.2) is 18.0 Å². The Morgan fingerprint density at radius 2 is 1.75 bits per heavy atom. The van der Waals surface area contributed by atoms with Crippen molar-refractivity contribution in [2.24, 2.45) is 0 Å². The van der Waals surface area contributed by atoms with Gasteiger partial charge in [0.1, 0.15) is 0 Å². The molecule has 0 radical (unpaired) electrons. The largest absolute Gasteiger partial charge is 0.449 e. The Kier molecular flexibility index (Phi) is 6.23. The second-order valence-electron chi connectivity index (χ2n) is 5.22. The fourth-order valence-electron chi connectivity index (χ4n) is 1.97. The summed E-state index contributed by atoms with van der Waals surface area (Å²) in [6.07, 6.45) is -0.0240. The van der Waals surface area contributed by atoms with Crippen LogP contribution in [0.5, 0.6) is 0 Å². The molecule has 1 N–H and O–H groups in total. The molecule has 0 fully saturated rings. The minimum absolute atomic E-state index is 0.233. The number of ether oxygens (including phenoxy) is 1. The van der Waals surface area contributed by atoms with Gasteiger partial charge >= 0.3 is 5.97 Å². The number of esters is 1. The van der Waals surface area contributed by atoms with E-state index in [4.69, 9.17) is 27.9 Å². The van der Waals surface area contributed by atoms with E-state index in [1.807, 2.05) is 24.3 Å². The molecule has 6 heteroatoms. The number of rotatable bonds is 5. The zero-order chi connectivity index (χ0) is 17.7. The Balaban J connectivity index is 1.97. The van der Waals surface area contributed by atoms with E-state index in [0.29, 0.717) is 10.7 Å². The first-order valence-corrected chi connectivity index (χ1v) is 8.22. The molecule has 0 heterocycles. The first kappa shape index (κ1) is 18.3. The lowest BCUT2D eigenvalue weighted by Gasteiger charge is -2.14. The Morgan fingerprint density at radius 1 is 1.08 bits per heavy atom. The van der Waals surface area contributed by atoms with Crippen LogP contribution >= 0.6 is 23.2 Å². The maximum atomic E-state index is 12.1. The first-order valence-electron chi connectivity index (χ1n) is 7.46. The smallest absolute Gasteiger partial charge is 0.338 e. The highest BCUT2D eigenvalue weighted by Gasteiger charge is 2.19. The topological polar surface area (TPSA) is 55.4 Å². The van der Waals surface area contributed by atoms with Gasteiger partial charge in [-0.2, -0.15) is 0 Å². The molecule has 0 aromatic heterocycles. The summed E-state index contributed by atoms with van der Waals surface area (Å²) in [6.45, 7) is 3.56. The van der Waals surface area contributed by atoms with Crippen molar-refractivity contribution in [2.75, 3.05) is 5.32 Å². The summed E-state index contributed by atoms with van der Waals surface area (Å²) in [4.78, 5) is 24.2. The normalized spacial score (nSPS) is 11.7. The molecular weight excluding hydrogens is 349 g/mol. The molecule has 1 unspecified atom stereocenters. The molecule has 2 aromatic rings. The van der Waals surface area contributed by atoms with Crippen molar-refractivity contribution < 1.29 is 14.3 Å². The SMILES string of the molecule is CCc1ccc(NC(=O)C(C)OC(=O)c2ccc(Cl)c(Cl)c2)cc1. The molecule has 24 heavy (non-hydrogen) atoms. The van der Waals surface area contributed by atoms with Crippen molar-refractivity contribution in [1.29, 1.82) is 0 Å². The summed E-state index contributed by atoms with van der Waals surface area (Å²) in [5.41, 5.74) is 2.05. The van der Waals surface area contributed by atoms with Crippen LogP contribution in [0, 0.1) is 0 Å². The standard InChI is InChI=1S/C18H17Cl2NO3/c1-3-12-4-7-14(8-5-12)21-17(22)11(2)24-18(23)13-6-9-15(19)16(20)10-13/h4-11H,3H2,1-2H3,(H,21,22). The number of benzene rings is 2. The lowest BCUT2D eigenvalue weighted by molar-refractivity contribution is -0.123. The molecule has 0 aliphatic rings. The van der Waals surface area contributed by atoms with Crippen LogP contribution in [0.2, 0.25) is 10.0 Å². The Hall–Kier alpha value is -2.04. The van der Waals surface area contributed by atoms with Crippen LogP contribution in [0.15, 0.2) is 42.5 Å². The quantitative estimate of drug-likeness (QED) is 0.778. The third-order valence-corrected chi connectivity index (χ3v) is 4.18. The molecule has 126 valence electrons. The lowest BCUT2D eigenvalue weighted by Crippen LogP contribution is -2.30. The minimum atomic E-state index is -0.946. The molecule has 1 amide bonds. The van der Waals surface area contributed by atoms with Gasteiger partial charge in [-0.25, -0.2) is 4.79 Å². The summed E-state index contributed by atoms with van der Waals surface area (Å²) in [7, 11) is 0. The van der Waals surface area contributed by atoms with Crippen LogP contribution in [0.25, 0.3) is 0 Å². The van der Waals surface area contributed by atoms with Crippen LogP contribution in [0.1, 0.15) is 29.8 Å². The van der Waals surface area contributed by atoms with Crippen LogP contribution < -0.4 is 5.32 Å². The Bertz CT molecular complexity index is 744. The fraction of sp³-hybridized carbons (Fsp3) is 0.222. The summed E-state index contributed by atoms with van der Waals surface area (Å²) < 4.78 is 5.16. The molecule has 2 aromatic carbocycles. The van der Waals surface area contributed by atoms with Gasteiger partial charge in [-0.15, -0.1) is 0 Å². The monoisotopic (exact) mass is 365 g/mol. The van der Waals surface area contributed by atoms with Gasteiger partial charge in [0, 0.05) is 5.69 Å². The number of amides is 1. The summed E-state index contributed by atoms with van der Waals surface area (Å²) in [5.74, 6) is -1.05. The van der Waals surface area contributed by atoms with Crippen LogP contribution in [0.3, 0.4) is 0 Å². The van der Waals surface area contributed by atoms with E-state index in [9.17, 15) is 9.59 Å². The van der Waals surface area contributed by atoms with Crippen molar-refractivity contribution >= 4 is 40.8 Å². The van der Waals surface area contributed by atoms with Crippen molar-refractivity contribution in [3.8, 4) is 0 Å². The Morgan fingerprint density at radius 3 is 2.33 bits per heavy atom. The summed E-state index contributed by atoms with van der Waals surface area (Å²) in [5, 5.41) is 3.30. The molecule has 0 aliphatic carbocycles. The first-order chi connectivity index (χ1) is 11.4. The third kappa shape index (κ3) is 4.73. The van der Waals surface area contributed by atoms with E-state index < -0.39 is 18.0 Å². The molecule has 2 rings (SSSR count). The van der Waals surface area contributed by atoms with Crippen molar-refractivity contribution in [1.82, 2.24) is 0 Å². The number of hydrogen-bond donors (Lipinski definition) is 1. The molecule has 1 atom stereocenters. The molecular formula is C18H17Cl2NO3. The van der Waals surface area contributed by atoms with Crippen LogP contribution in [0.4, 0.5) is 5.69 Å². The second kappa shape index (κ2) is 8.18. The average Bonchev–Trinajstić information content (AvgIpc) is 2.57. The van der Waals surface area contributed by atoms with E-state index in [0.717, 1.165) is 6.42 Å². The van der Waals surface area contributed by atoms with E-state index in [-0.39, 0.29) is 10.6 Å². The van der Waals surface area contributed by atoms with Gasteiger partial charge in [-0.3, -0.25) is 4.79 Å². The van der Waals surface area contributed by atoms with Crippen LogP contribution in [-0.2, 0) is 16.0 Å². The molecule has 0 saturated heterocycles. The predicted molar refractivity (Wildman–Crippen MR) is 95.8 cm³/mol. The highest BCUT2D eigenvalue weighted by atomic mass is 35.5. The zero-order valence-electron chi connectivity index (χ0n) is 13.3. The van der Waals surface area contributed by atoms with Crippen molar-refractivity contribution in [3.05, 3.63) is 63.6 Å². The fourth-order valence-corrected chi connectivity index (χ4v) is 2.27. The zero-order valence-corrected chi connectivity index (χ0v) is 14.8. The van der Waals surface area contributed by atoms with Gasteiger partial charge in [-0.1, -0.05) is 42.3 Å². The number of nitrogens with one attached hydrogen (secondary N) is 1. The van der Waals surface area contributed by atoms with E-state index in [1.165, 1.54) is 30.7 Å². The molecule has 0 aliphatic heterocycles. The second-order valence-corrected chi connectivity index (χ2v) is 6.03. The number of hydrogen-bond acceptors (Lipinski definition) is 3.